The maximum atomic E-state index is 12.0. The number of nitrogens with zero attached hydrogens (tertiary/aromatic N) is 2. The van der Waals surface area contributed by atoms with Gasteiger partial charge in [-0.3, -0.25) is 4.98 Å². The molecule has 0 saturated heterocycles. The predicted octanol–water partition coefficient (Wildman–Crippen LogP) is 3.59. The van der Waals surface area contributed by atoms with Crippen LogP contribution in [-0.2, 0) is 10.0 Å². The predicted molar refractivity (Wildman–Crippen MR) is 121 cm³/mol. The molecule has 8 nitrogen and oxygen atoms in total. The molecule has 0 atom stereocenters. The van der Waals surface area contributed by atoms with E-state index in [0.29, 0.717) is 22.3 Å². The number of fused-ring (bicyclic) bond motifs is 1. The van der Waals surface area contributed by atoms with Gasteiger partial charge in [0, 0.05) is 11.1 Å². The Labute approximate surface area is 185 Å². The molecule has 0 radical (unpaired) electrons. The summed E-state index contributed by atoms with van der Waals surface area (Å²) in [5, 5.41) is 10.2. The summed E-state index contributed by atoms with van der Waals surface area (Å²) in [6.45, 7) is 0. The van der Waals surface area contributed by atoms with Gasteiger partial charge in [0.05, 0.1) is 42.0 Å². The first-order chi connectivity index (χ1) is 15.4. The Hall–Kier alpha value is -3.69. The number of rotatable bonds is 6. The van der Waals surface area contributed by atoms with Crippen LogP contribution < -0.4 is 14.2 Å². The van der Waals surface area contributed by atoms with Crippen molar-refractivity contribution in [2.75, 3.05) is 21.3 Å². The number of hydrogen-bond acceptors (Lipinski definition) is 7. The third kappa shape index (κ3) is 3.83. The summed E-state index contributed by atoms with van der Waals surface area (Å²) in [5.41, 5.74) is 4.18. The summed E-state index contributed by atoms with van der Waals surface area (Å²) in [7, 11) is 0.769. The van der Waals surface area contributed by atoms with Crippen molar-refractivity contribution in [3.8, 4) is 39.6 Å². The molecule has 0 aliphatic carbocycles. The van der Waals surface area contributed by atoms with Gasteiger partial charge in [-0.2, -0.15) is 0 Å². The molecule has 4 rings (SSSR count). The Morgan fingerprint density at radius 2 is 1.59 bits per heavy atom. The van der Waals surface area contributed by atoms with Gasteiger partial charge in [0.2, 0.25) is 15.8 Å². The third-order valence-corrected chi connectivity index (χ3v) is 6.52. The monoisotopic (exact) mass is 451 g/mol. The molecule has 3 aromatic carbocycles. The lowest BCUT2D eigenvalue weighted by Crippen LogP contribution is -2.18. The normalized spacial score (nSPS) is 11.5. The average molecular weight is 452 g/mol. The molecule has 1 heterocycles. The van der Waals surface area contributed by atoms with Crippen LogP contribution in [0.4, 0.5) is 0 Å². The molecule has 0 fully saturated rings. The molecule has 32 heavy (non-hydrogen) atoms. The van der Waals surface area contributed by atoms with Crippen molar-refractivity contribution < 1.29 is 23.0 Å². The highest BCUT2D eigenvalue weighted by molar-refractivity contribution is 7.89. The fourth-order valence-electron chi connectivity index (χ4n) is 3.38. The summed E-state index contributed by atoms with van der Waals surface area (Å²) in [6, 6.07) is 15.5. The second kappa shape index (κ2) is 8.45. The SMILES string of the molecule is CNS(=O)(=O)c1ccc(-c2cccc3ncc(-c4cc(OC)c(O)c(OC)c4)nc23)cc1. The van der Waals surface area contributed by atoms with Crippen molar-refractivity contribution in [2.45, 2.75) is 4.90 Å². The summed E-state index contributed by atoms with van der Waals surface area (Å²) in [6.07, 6.45) is 1.64. The van der Waals surface area contributed by atoms with Gasteiger partial charge in [0.15, 0.2) is 11.5 Å². The zero-order valence-corrected chi connectivity index (χ0v) is 18.5. The minimum atomic E-state index is -3.52. The fourth-order valence-corrected chi connectivity index (χ4v) is 4.11. The molecule has 0 bridgehead atoms. The summed E-state index contributed by atoms with van der Waals surface area (Å²) >= 11 is 0. The van der Waals surface area contributed by atoms with Crippen LogP contribution in [0.15, 0.2) is 65.7 Å². The number of phenols is 1. The first kappa shape index (κ1) is 21.5. The van der Waals surface area contributed by atoms with Gasteiger partial charge in [0.1, 0.15) is 0 Å². The van der Waals surface area contributed by atoms with E-state index in [1.807, 2.05) is 18.2 Å². The fraction of sp³-hybridized carbons (Fsp3) is 0.130. The van der Waals surface area contributed by atoms with E-state index in [1.54, 1.807) is 42.6 Å². The van der Waals surface area contributed by atoms with Crippen LogP contribution in [0.25, 0.3) is 33.4 Å². The van der Waals surface area contributed by atoms with E-state index >= 15 is 0 Å². The number of sulfonamides is 1. The van der Waals surface area contributed by atoms with Crippen LogP contribution in [-0.4, -0.2) is 44.8 Å². The van der Waals surface area contributed by atoms with Gasteiger partial charge in [-0.15, -0.1) is 0 Å². The summed E-state index contributed by atoms with van der Waals surface area (Å²) in [5.74, 6) is 0.427. The molecule has 0 unspecified atom stereocenters. The maximum absolute atomic E-state index is 12.0. The second-order valence-corrected chi connectivity index (χ2v) is 8.78. The Bertz CT molecular complexity index is 1380. The number of nitrogens with one attached hydrogen (secondary N) is 1. The van der Waals surface area contributed by atoms with Crippen molar-refractivity contribution in [1.82, 2.24) is 14.7 Å². The molecule has 0 amide bonds. The Morgan fingerprint density at radius 1 is 0.938 bits per heavy atom. The average Bonchev–Trinajstić information content (AvgIpc) is 2.83. The molecule has 9 heteroatoms. The quantitative estimate of drug-likeness (QED) is 0.461. The lowest BCUT2D eigenvalue weighted by Gasteiger charge is -2.12. The number of aromatic hydroxyl groups is 1. The van der Waals surface area contributed by atoms with Crippen molar-refractivity contribution >= 4 is 21.1 Å². The number of aromatic nitrogens is 2. The number of ether oxygens (including phenoxy) is 2. The Morgan fingerprint density at radius 3 is 2.19 bits per heavy atom. The highest BCUT2D eigenvalue weighted by Crippen LogP contribution is 2.40. The van der Waals surface area contributed by atoms with Gasteiger partial charge in [-0.05, 0) is 42.9 Å². The van der Waals surface area contributed by atoms with E-state index in [9.17, 15) is 13.5 Å². The maximum Gasteiger partial charge on any atom is 0.240 e. The van der Waals surface area contributed by atoms with E-state index in [4.69, 9.17) is 14.5 Å². The zero-order chi connectivity index (χ0) is 22.9. The van der Waals surface area contributed by atoms with Gasteiger partial charge in [-0.25, -0.2) is 18.1 Å². The minimum Gasteiger partial charge on any atom is -0.502 e. The van der Waals surface area contributed by atoms with Crippen LogP contribution >= 0.6 is 0 Å². The molecular formula is C23H21N3O5S. The van der Waals surface area contributed by atoms with E-state index in [-0.39, 0.29) is 22.1 Å². The largest absolute Gasteiger partial charge is 0.502 e. The standard InChI is InChI=1S/C23H21N3O5S/c1-24-32(28,29)16-9-7-14(8-10-16)17-5-4-6-18-22(17)26-19(13-25-18)15-11-20(30-2)23(27)21(12-15)31-3/h4-13,24,27H,1-3H3. The topological polar surface area (TPSA) is 111 Å². The molecular weight excluding hydrogens is 430 g/mol. The molecule has 2 N–H and O–H groups in total. The van der Waals surface area contributed by atoms with Gasteiger partial charge in [0.25, 0.3) is 0 Å². The number of methoxy groups -OCH3 is 2. The number of phenolic OH excluding ortho intramolecular Hbond substituents is 1. The molecule has 0 aliphatic rings. The van der Waals surface area contributed by atoms with E-state index < -0.39 is 10.0 Å². The highest BCUT2D eigenvalue weighted by Gasteiger charge is 2.16. The summed E-state index contributed by atoms with van der Waals surface area (Å²) in [4.78, 5) is 9.52. The lowest BCUT2D eigenvalue weighted by atomic mass is 10.0. The molecule has 0 saturated carbocycles. The number of para-hydroxylation sites is 1. The van der Waals surface area contributed by atoms with E-state index in [0.717, 1.165) is 11.1 Å². The van der Waals surface area contributed by atoms with Crippen LogP contribution in [0.5, 0.6) is 17.2 Å². The molecule has 4 aromatic rings. The van der Waals surface area contributed by atoms with Crippen LogP contribution in [0.2, 0.25) is 0 Å². The van der Waals surface area contributed by atoms with Gasteiger partial charge < -0.3 is 14.6 Å². The Kier molecular flexibility index (Phi) is 5.68. The van der Waals surface area contributed by atoms with Crippen LogP contribution in [0.3, 0.4) is 0 Å². The first-order valence-corrected chi connectivity index (χ1v) is 11.1. The third-order valence-electron chi connectivity index (χ3n) is 5.09. The molecule has 164 valence electrons. The lowest BCUT2D eigenvalue weighted by molar-refractivity contribution is 0.340. The smallest absolute Gasteiger partial charge is 0.240 e. The van der Waals surface area contributed by atoms with E-state index in [1.165, 1.54) is 21.3 Å². The zero-order valence-electron chi connectivity index (χ0n) is 17.7. The molecule has 0 aliphatic heterocycles. The number of benzene rings is 3. The van der Waals surface area contributed by atoms with E-state index in [2.05, 4.69) is 9.71 Å². The highest BCUT2D eigenvalue weighted by atomic mass is 32.2. The Balaban J connectivity index is 1.85. The first-order valence-electron chi connectivity index (χ1n) is 9.63. The van der Waals surface area contributed by atoms with Crippen molar-refractivity contribution in [2.24, 2.45) is 0 Å². The van der Waals surface area contributed by atoms with Crippen molar-refractivity contribution in [3.63, 3.8) is 0 Å². The van der Waals surface area contributed by atoms with Crippen molar-refractivity contribution in [1.29, 1.82) is 0 Å². The van der Waals surface area contributed by atoms with Crippen LogP contribution in [0, 0.1) is 0 Å². The second-order valence-electron chi connectivity index (χ2n) is 6.89. The number of hydrogen-bond donors (Lipinski definition) is 2. The molecule has 0 spiro atoms. The van der Waals surface area contributed by atoms with Gasteiger partial charge >= 0.3 is 0 Å². The molecule has 1 aromatic heterocycles. The van der Waals surface area contributed by atoms with Gasteiger partial charge in [-0.1, -0.05) is 24.3 Å². The van der Waals surface area contributed by atoms with Crippen LogP contribution in [0.1, 0.15) is 0 Å². The summed E-state index contributed by atoms with van der Waals surface area (Å²) < 4.78 is 36.8. The minimum absolute atomic E-state index is 0.0928. The van der Waals surface area contributed by atoms with Crippen molar-refractivity contribution in [3.05, 3.63) is 60.8 Å².